The quantitative estimate of drug-likeness (QED) is 0.0921. The van der Waals surface area contributed by atoms with E-state index >= 15 is 0 Å². The summed E-state index contributed by atoms with van der Waals surface area (Å²) >= 11 is 1.86. The molecule has 2 N–H and O–H groups in total. The van der Waals surface area contributed by atoms with Crippen LogP contribution in [-0.4, -0.2) is 51.9 Å². The highest BCUT2D eigenvalue weighted by atomic mass is 32.2. The molecule has 0 bridgehead atoms. The fraction of sp³-hybridized carbons (Fsp3) is 0.962. The van der Waals surface area contributed by atoms with Crippen LogP contribution in [0.5, 0.6) is 0 Å². The molecule has 0 fully saturated rings. The van der Waals surface area contributed by atoms with E-state index in [0.29, 0.717) is 6.42 Å². The molecule has 0 rings (SSSR count). The van der Waals surface area contributed by atoms with Crippen LogP contribution in [0, 0.1) is 0 Å². The van der Waals surface area contributed by atoms with Crippen molar-refractivity contribution in [3.63, 3.8) is 0 Å². The van der Waals surface area contributed by atoms with Crippen LogP contribution in [0.1, 0.15) is 124 Å². The minimum atomic E-state index is -3.99. The summed E-state index contributed by atoms with van der Waals surface area (Å²) in [5.41, 5.74) is 0. The lowest BCUT2D eigenvalue weighted by Gasteiger charge is -2.27. The third kappa shape index (κ3) is 19.2. The highest BCUT2D eigenvalue weighted by Crippen LogP contribution is 2.43. The molecule has 0 radical (unpaired) electrons. The summed E-state index contributed by atoms with van der Waals surface area (Å²) in [6.07, 6.45) is 15.8. The van der Waals surface area contributed by atoms with E-state index in [0.717, 1.165) is 37.9 Å². The van der Waals surface area contributed by atoms with Crippen molar-refractivity contribution in [3.05, 3.63) is 0 Å². The van der Waals surface area contributed by atoms with Gasteiger partial charge in [-0.2, -0.15) is 11.8 Å². The Kier molecular flexibility index (Phi) is 22.1. The zero-order valence-corrected chi connectivity index (χ0v) is 24.1. The van der Waals surface area contributed by atoms with Gasteiger partial charge in [-0.05, 0) is 31.9 Å². The lowest BCUT2D eigenvalue weighted by molar-refractivity contribution is -0.152. The average molecular weight is 525 g/mol. The molecule has 0 spiro atoms. The lowest BCUT2D eigenvalue weighted by Crippen LogP contribution is -2.36. The van der Waals surface area contributed by atoms with Gasteiger partial charge in [-0.1, -0.05) is 97.8 Å². The van der Waals surface area contributed by atoms with Crippen LogP contribution < -0.4 is 0 Å². The van der Waals surface area contributed by atoms with Gasteiger partial charge in [0.1, 0.15) is 0 Å². The van der Waals surface area contributed by atoms with E-state index in [1.807, 2.05) is 25.6 Å². The minimum Gasteiger partial charge on any atom is -0.479 e. The average Bonchev–Trinajstić information content (AvgIpc) is 2.79. The molecule has 0 aromatic carbocycles. The third-order valence-electron chi connectivity index (χ3n) is 5.99. The van der Waals surface area contributed by atoms with Crippen LogP contribution in [-0.2, 0) is 18.6 Å². The van der Waals surface area contributed by atoms with E-state index in [1.165, 1.54) is 57.8 Å². The van der Waals surface area contributed by atoms with E-state index in [1.54, 1.807) is 0 Å². The maximum atomic E-state index is 12.2. The van der Waals surface area contributed by atoms with Crippen LogP contribution in [0.15, 0.2) is 0 Å². The van der Waals surface area contributed by atoms with Gasteiger partial charge in [-0.15, -0.1) is 0 Å². The molecule has 0 aromatic heterocycles. The second-order valence-corrected chi connectivity index (χ2v) is 12.7. The Balaban J connectivity index is 4.49. The molecule has 0 aliphatic carbocycles. The molecule has 34 heavy (non-hydrogen) atoms. The number of hydrogen-bond donors (Lipinski definition) is 2. The van der Waals surface area contributed by atoms with Gasteiger partial charge in [0, 0.05) is 5.25 Å². The monoisotopic (exact) mass is 524 g/mol. The van der Waals surface area contributed by atoms with Crippen molar-refractivity contribution in [2.45, 2.75) is 141 Å². The SMILES string of the molecule is CCCCCCCCCCCCSC(CCCCC)C(C)OC(CP(=O)(O)OCCC)C(=O)O. The number of carbonyl (C=O) groups is 1. The minimum absolute atomic E-state index is 0.129. The molecule has 0 saturated heterocycles. The summed E-state index contributed by atoms with van der Waals surface area (Å²) in [5.74, 6) is -0.176. The Morgan fingerprint density at radius 3 is 1.91 bits per heavy atom. The molecule has 0 heterocycles. The van der Waals surface area contributed by atoms with Crippen LogP contribution >= 0.6 is 19.4 Å². The molecule has 4 unspecified atom stereocenters. The first-order valence-electron chi connectivity index (χ1n) is 13.7. The number of carboxylic acids is 1. The van der Waals surface area contributed by atoms with Gasteiger partial charge < -0.3 is 19.3 Å². The smallest absolute Gasteiger partial charge is 0.333 e. The van der Waals surface area contributed by atoms with Crippen LogP contribution in [0.2, 0.25) is 0 Å². The van der Waals surface area contributed by atoms with E-state index in [4.69, 9.17) is 9.26 Å². The number of aliphatic carboxylic acids is 1. The van der Waals surface area contributed by atoms with Gasteiger partial charge in [0.2, 0.25) is 0 Å². The van der Waals surface area contributed by atoms with Gasteiger partial charge in [-0.25, -0.2) is 4.79 Å². The molecule has 0 amide bonds. The van der Waals surface area contributed by atoms with Crippen molar-refractivity contribution in [1.29, 1.82) is 0 Å². The summed E-state index contributed by atoms with van der Waals surface area (Å²) in [6.45, 7) is 8.28. The predicted molar refractivity (Wildman–Crippen MR) is 145 cm³/mol. The van der Waals surface area contributed by atoms with Crippen molar-refractivity contribution in [2.75, 3.05) is 18.5 Å². The van der Waals surface area contributed by atoms with Crippen LogP contribution in [0.25, 0.3) is 0 Å². The fourth-order valence-electron chi connectivity index (χ4n) is 3.90. The van der Waals surface area contributed by atoms with Crippen molar-refractivity contribution >= 4 is 25.3 Å². The lowest BCUT2D eigenvalue weighted by atomic mass is 10.1. The molecule has 0 aliphatic rings. The number of unbranched alkanes of at least 4 members (excludes halogenated alkanes) is 11. The molecule has 4 atom stereocenters. The van der Waals surface area contributed by atoms with Gasteiger partial charge in [0.15, 0.2) is 6.10 Å². The number of carboxylic acid groups (broad SMARTS) is 1. The second-order valence-electron chi connectivity index (χ2n) is 9.41. The van der Waals surface area contributed by atoms with Gasteiger partial charge in [0.05, 0.1) is 18.9 Å². The Morgan fingerprint density at radius 1 is 0.853 bits per heavy atom. The zero-order chi connectivity index (χ0) is 25.7. The summed E-state index contributed by atoms with van der Waals surface area (Å²) in [4.78, 5) is 21.7. The number of ether oxygens (including phenoxy) is 1. The number of rotatable bonds is 25. The third-order valence-corrected chi connectivity index (χ3v) is 8.94. The van der Waals surface area contributed by atoms with Crippen molar-refractivity contribution in [3.8, 4) is 0 Å². The van der Waals surface area contributed by atoms with Crippen molar-refractivity contribution < 1.29 is 28.6 Å². The van der Waals surface area contributed by atoms with E-state index < -0.39 is 25.8 Å². The Labute approximate surface area is 213 Å². The highest BCUT2D eigenvalue weighted by Gasteiger charge is 2.33. The topological polar surface area (TPSA) is 93.1 Å². The van der Waals surface area contributed by atoms with E-state index in [-0.39, 0.29) is 18.0 Å². The molecule has 0 saturated carbocycles. The summed E-state index contributed by atoms with van der Waals surface area (Å²) in [7, 11) is -3.99. The van der Waals surface area contributed by atoms with Gasteiger partial charge in [0.25, 0.3) is 0 Å². The molecule has 0 aliphatic heterocycles. The van der Waals surface area contributed by atoms with Crippen LogP contribution in [0.3, 0.4) is 0 Å². The first kappa shape index (κ1) is 33.9. The molecular weight excluding hydrogens is 471 g/mol. The molecule has 6 nitrogen and oxygen atoms in total. The van der Waals surface area contributed by atoms with Crippen molar-refractivity contribution in [2.24, 2.45) is 0 Å². The summed E-state index contributed by atoms with van der Waals surface area (Å²) < 4.78 is 23.0. The maximum absolute atomic E-state index is 12.2. The number of thioether (sulfide) groups is 1. The zero-order valence-electron chi connectivity index (χ0n) is 22.3. The molecule has 8 heteroatoms. The first-order chi connectivity index (χ1) is 16.3. The van der Waals surface area contributed by atoms with Gasteiger partial charge >= 0.3 is 13.6 Å². The normalized spacial score (nSPS) is 16.1. The Morgan fingerprint density at radius 2 is 1.38 bits per heavy atom. The summed E-state index contributed by atoms with van der Waals surface area (Å²) in [6, 6.07) is 0. The molecule has 0 aromatic rings. The standard InChI is InChI=1S/C26H53O6PS/c1-5-8-10-11-12-13-14-15-16-18-21-34-25(19-17-9-6-2)23(4)32-24(26(27)28)22-33(29,30)31-20-7-3/h23-25H,5-22H2,1-4H3,(H,27,28)(H,29,30). The Hall–Kier alpha value is -0.0700. The Bertz CT molecular complexity index is 533. The van der Waals surface area contributed by atoms with Gasteiger partial charge in [-0.3, -0.25) is 4.57 Å². The maximum Gasteiger partial charge on any atom is 0.333 e. The number of hydrogen-bond acceptors (Lipinski definition) is 5. The molecule has 204 valence electrons. The molecular formula is C26H53O6PS. The summed E-state index contributed by atoms with van der Waals surface area (Å²) in [5, 5.41) is 9.75. The fourth-order valence-corrected chi connectivity index (χ4v) is 6.47. The largest absolute Gasteiger partial charge is 0.479 e. The van der Waals surface area contributed by atoms with E-state index in [9.17, 15) is 19.4 Å². The highest BCUT2D eigenvalue weighted by molar-refractivity contribution is 7.99. The predicted octanol–water partition coefficient (Wildman–Crippen LogP) is 8.06. The van der Waals surface area contributed by atoms with E-state index in [2.05, 4.69) is 13.8 Å². The van der Waals surface area contributed by atoms with Crippen molar-refractivity contribution in [1.82, 2.24) is 0 Å². The van der Waals surface area contributed by atoms with Crippen LogP contribution in [0.4, 0.5) is 0 Å². The first-order valence-corrected chi connectivity index (χ1v) is 16.5. The second kappa shape index (κ2) is 22.2.